The normalized spacial score (nSPS) is 32.2. The van der Waals surface area contributed by atoms with Crippen molar-refractivity contribution in [1.29, 1.82) is 0 Å². The average Bonchev–Trinajstić information content (AvgIpc) is 2.96. The lowest BCUT2D eigenvalue weighted by molar-refractivity contribution is -0.117. The van der Waals surface area contributed by atoms with Gasteiger partial charge in [0.15, 0.2) is 0 Å². The highest BCUT2D eigenvalue weighted by Crippen LogP contribution is 2.38. The molecule has 0 radical (unpaired) electrons. The molecule has 2 aliphatic rings. The highest BCUT2D eigenvalue weighted by atomic mass is 16.6. The van der Waals surface area contributed by atoms with Crippen LogP contribution in [0.5, 0.6) is 0 Å². The third kappa shape index (κ3) is 3.47. The SMILES string of the molecule is CC(CC(O)C1CCOC2(CCOC2)C1)c1ccccc1. The number of hydrogen-bond acceptors (Lipinski definition) is 3. The van der Waals surface area contributed by atoms with Crippen LogP contribution in [-0.4, -0.2) is 36.6 Å². The van der Waals surface area contributed by atoms with E-state index >= 15 is 0 Å². The molecule has 116 valence electrons. The van der Waals surface area contributed by atoms with Crippen molar-refractivity contribution in [3.8, 4) is 0 Å². The van der Waals surface area contributed by atoms with Crippen LogP contribution in [0.25, 0.3) is 0 Å². The van der Waals surface area contributed by atoms with Crippen LogP contribution in [0.3, 0.4) is 0 Å². The monoisotopic (exact) mass is 290 g/mol. The van der Waals surface area contributed by atoms with Gasteiger partial charge in [0, 0.05) is 19.6 Å². The molecule has 3 heteroatoms. The van der Waals surface area contributed by atoms with Gasteiger partial charge in [0.1, 0.15) is 0 Å². The van der Waals surface area contributed by atoms with Crippen molar-refractivity contribution < 1.29 is 14.6 Å². The second-order valence-corrected chi connectivity index (χ2v) is 6.70. The lowest BCUT2D eigenvalue weighted by atomic mass is 9.79. The number of benzene rings is 1. The summed E-state index contributed by atoms with van der Waals surface area (Å²) in [5.74, 6) is 0.728. The zero-order chi connectivity index (χ0) is 14.7. The molecule has 4 unspecified atom stereocenters. The van der Waals surface area contributed by atoms with E-state index in [0.29, 0.717) is 18.4 Å². The largest absolute Gasteiger partial charge is 0.393 e. The molecule has 0 saturated carbocycles. The maximum atomic E-state index is 10.7. The molecular formula is C18H26O3. The maximum absolute atomic E-state index is 10.7. The summed E-state index contributed by atoms with van der Waals surface area (Å²) in [6.07, 6.45) is 3.46. The minimum absolute atomic E-state index is 0.111. The Kier molecular flexibility index (Phi) is 4.63. The van der Waals surface area contributed by atoms with Crippen LogP contribution in [-0.2, 0) is 9.47 Å². The van der Waals surface area contributed by atoms with Gasteiger partial charge in [0.05, 0.1) is 18.3 Å². The van der Waals surface area contributed by atoms with Crippen LogP contribution in [0.15, 0.2) is 30.3 Å². The summed E-state index contributed by atoms with van der Waals surface area (Å²) in [4.78, 5) is 0. The fraction of sp³-hybridized carbons (Fsp3) is 0.667. The number of ether oxygens (including phenoxy) is 2. The van der Waals surface area contributed by atoms with Crippen LogP contribution < -0.4 is 0 Å². The van der Waals surface area contributed by atoms with Crippen molar-refractivity contribution in [3.05, 3.63) is 35.9 Å². The van der Waals surface area contributed by atoms with Crippen molar-refractivity contribution in [2.75, 3.05) is 19.8 Å². The Morgan fingerprint density at radius 1 is 1.29 bits per heavy atom. The van der Waals surface area contributed by atoms with E-state index in [1.165, 1.54) is 5.56 Å². The summed E-state index contributed by atoms with van der Waals surface area (Å²) in [7, 11) is 0. The summed E-state index contributed by atoms with van der Waals surface area (Å²) in [6.45, 7) is 4.45. The minimum atomic E-state index is -0.249. The van der Waals surface area contributed by atoms with Crippen molar-refractivity contribution in [1.82, 2.24) is 0 Å². The van der Waals surface area contributed by atoms with E-state index in [1.807, 2.05) is 6.07 Å². The van der Waals surface area contributed by atoms with E-state index in [4.69, 9.17) is 9.47 Å². The summed E-state index contributed by atoms with van der Waals surface area (Å²) >= 11 is 0. The van der Waals surface area contributed by atoms with Crippen LogP contribution >= 0.6 is 0 Å². The highest BCUT2D eigenvalue weighted by molar-refractivity contribution is 5.18. The summed E-state index contributed by atoms with van der Waals surface area (Å²) < 4.78 is 11.5. The van der Waals surface area contributed by atoms with Crippen molar-refractivity contribution in [2.24, 2.45) is 5.92 Å². The molecule has 1 aromatic carbocycles. The van der Waals surface area contributed by atoms with Crippen LogP contribution in [0.1, 0.15) is 44.1 Å². The second kappa shape index (κ2) is 6.47. The Balaban J connectivity index is 1.58. The van der Waals surface area contributed by atoms with E-state index in [1.54, 1.807) is 0 Å². The molecule has 21 heavy (non-hydrogen) atoms. The van der Waals surface area contributed by atoms with Gasteiger partial charge in [0.2, 0.25) is 0 Å². The fourth-order valence-electron chi connectivity index (χ4n) is 3.73. The first-order chi connectivity index (χ1) is 10.2. The first-order valence-electron chi connectivity index (χ1n) is 8.13. The second-order valence-electron chi connectivity index (χ2n) is 6.70. The zero-order valence-corrected chi connectivity index (χ0v) is 12.8. The molecule has 1 aromatic rings. The first kappa shape index (κ1) is 15.0. The molecule has 2 fully saturated rings. The molecule has 2 saturated heterocycles. The van der Waals surface area contributed by atoms with Crippen molar-refractivity contribution in [2.45, 2.75) is 50.2 Å². The Morgan fingerprint density at radius 3 is 2.81 bits per heavy atom. The van der Waals surface area contributed by atoms with Crippen LogP contribution in [0, 0.1) is 5.92 Å². The maximum Gasteiger partial charge on any atom is 0.0940 e. The van der Waals surface area contributed by atoms with Gasteiger partial charge < -0.3 is 14.6 Å². The van der Waals surface area contributed by atoms with E-state index in [2.05, 4.69) is 31.2 Å². The molecule has 4 atom stereocenters. The highest BCUT2D eigenvalue weighted by Gasteiger charge is 2.42. The molecule has 3 rings (SSSR count). The Bertz CT molecular complexity index is 439. The Labute approximate surface area is 127 Å². The number of aliphatic hydroxyl groups excluding tert-OH is 1. The van der Waals surface area contributed by atoms with Gasteiger partial charge in [0.25, 0.3) is 0 Å². The smallest absolute Gasteiger partial charge is 0.0940 e. The molecule has 0 amide bonds. The van der Waals surface area contributed by atoms with Gasteiger partial charge in [-0.25, -0.2) is 0 Å². The standard InChI is InChI=1S/C18H26O3/c1-14(15-5-3-2-4-6-15)11-17(19)16-7-9-21-18(12-16)8-10-20-13-18/h2-6,14,16-17,19H,7-13H2,1H3. The lowest BCUT2D eigenvalue weighted by Gasteiger charge is -2.39. The number of aliphatic hydroxyl groups is 1. The lowest BCUT2D eigenvalue weighted by Crippen LogP contribution is -2.43. The molecule has 1 spiro atoms. The van der Waals surface area contributed by atoms with Gasteiger partial charge >= 0.3 is 0 Å². The molecule has 1 N–H and O–H groups in total. The molecule has 0 aromatic heterocycles. The topological polar surface area (TPSA) is 38.7 Å². The third-order valence-corrected chi connectivity index (χ3v) is 5.11. The van der Waals surface area contributed by atoms with Gasteiger partial charge in [-0.3, -0.25) is 0 Å². The van der Waals surface area contributed by atoms with Crippen molar-refractivity contribution >= 4 is 0 Å². The van der Waals surface area contributed by atoms with Crippen LogP contribution in [0.4, 0.5) is 0 Å². The average molecular weight is 290 g/mol. The van der Waals surface area contributed by atoms with Gasteiger partial charge in [-0.1, -0.05) is 37.3 Å². The number of rotatable bonds is 4. The molecular weight excluding hydrogens is 264 g/mol. The Morgan fingerprint density at radius 2 is 2.10 bits per heavy atom. The zero-order valence-electron chi connectivity index (χ0n) is 12.8. The number of hydrogen-bond donors (Lipinski definition) is 1. The van der Waals surface area contributed by atoms with Gasteiger partial charge in [-0.05, 0) is 36.7 Å². The minimum Gasteiger partial charge on any atom is -0.393 e. The first-order valence-corrected chi connectivity index (χ1v) is 8.13. The quantitative estimate of drug-likeness (QED) is 0.926. The van der Waals surface area contributed by atoms with Crippen molar-refractivity contribution in [3.63, 3.8) is 0 Å². The summed E-state index contributed by atoms with van der Waals surface area (Å²) in [5.41, 5.74) is 1.20. The van der Waals surface area contributed by atoms with Gasteiger partial charge in [-0.2, -0.15) is 0 Å². The molecule has 2 heterocycles. The molecule has 2 aliphatic heterocycles. The van der Waals surface area contributed by atoms with E-state index in [-0.39, 0.29) is 11.7 Å². The van der Waals surface area contributed by atoms with E-state index in [9.17, 15) is 5.11 Å². The molecule has 0 aliphatic carbocycles. The van der Waals surface area contributed by atoms with Gasteiger partial charge in [-0.15, -0.1) is 0 Å². The third-order valence-electron chi connectivity index (χ3n) is 5.11. The van der Waals surface area contributed by atoms with Crippen LogP contribution in [0.2, 0.25) is 0 Å². The van der Waals surface area contributed by atoms with E-state index in [0.717, 1.165) is 38.9 Å². The molecule has 0 bridgehead atoms. The van der Waals surface area contributed by atoms with E-state index < -0.39 is 0 Å². The Hall–Kier alpha value is -0.900. The summed E-state index contributed by atoms with van der Waals surface area (Å²) in [5, 5.41) is 10.7. The summed E-state index contributed by atoms with van der Waals surface area (Å²) in [6, 6.07) is 10.5. The predicted octanol–water partition coefficient (Wildman–Crippen LogP) is 3.13. The predicted molar refractivity (Wildman–Crippen MR) is 82.3 cm³/mol. The fourth-order valence-corrected chi connectivity index (χ4v) is 3.73. The molecule has 3 nitrogen and oxygen atoms in total.